The molecule has 1 amide bonds. The smallest absolute Gasteiger partial charge is 0.256 e. The number of carbonyl (C=O) groups excluding carboxylic acids is 1. The molecule has 0 aliphatic carbocycles. The standard InChI is InChI=1S/C14H18N4OS/c1-2-3-4-7-16-14(19)10-9-17-13(18-12(10)15)11-6-5-8-20-11/h5-6,8-9H,2-4,7H2,1H3,(H,16,19)(H2,15,17,18). The SMILES string of the molecule is CCCCCNC(=O)c1cnc(-c2cccs2)nc1N. The van der Waals surface area contributed by atoms with Crippen LogP contribution in [0.3, 0.4) is 0 Å². The summed E-state index contributed by atoms with van der Waals surface area (Å²) in [6, 6.07) is 3.85. The molecule has 2 rings (SSSR count). The number of nitrogens with one attached hydrogen (secondary N) is 1. The number of anilines is 1. The molecule has 6 heteroatoms. The average Bonchev–Trinajstić information content (AvgIpc) is 2.97. The minimum atomic E-state index is -0.212. The Bertz CT molecular complexity index is 569. The summed E-state index contributed by atoms with van der Waals surface area (Å²) in [5, 5.41) is 4.78. The normalized spacial score (nSPS) is 10.4. The first-order chi connectivity index (χ1) is 9.72. The second-order valence-electron chi connectivity index (χ2n) is 4.43. The highest BCUT2D eigenvalue weighted by molar-refractivity contribution is 7.13. The third kappa shape index (κ3) is 3.54. The van der Waals surface area contributed by atoms with E-state index in [4.69, 9.17) is 5.73 Å². The molecule has 0 bridgehead atoms. The lowest BCUT2D eigenvalue weighted by Gasteiger charge is -2.07. The lowest BCUT2D eigenvalue weighted by molar-refractivity contribution is 0.0953. The third-order valence-electron chi connectivity index (χ3n) is 2.87. The fraction of sp³-hybridized carbons (Fsp3) is 0.357. The van der Waals surface area contributed by atoms with Gasteiger partial charge < -0.3 is 11.1 Å². The molecule has 0 saturated heterocycles. The van der Waals surface area contributed by atoms with Crippen molar-refractivity contribution >= 4 is 23.1 Å². The molecule has 5 nitrogen and oxygen atoms in total. The van der Waals surface area contributed by atoms with E-state index in [9.17, 15) is 4.79 Å². The highest BCUT2D eigenvalue weighted by Gasteiger charge is 2.13. The van der Waals surface area contributed by atoms with Crippen molar-refractivity contribution in [2.45, 2.75) is 26.2 Å². The summed E-state index contributed by atoms with van der Waals surface area (Å²) in [5.74, 6) is 0.563. The van der Waals surface area contributed by atoms with Crippen molar-refractivity contribution in [2.75, 3.05) is 12.3 Å². The summed E-state index contributed by atoms with van der Waals surface area (Å²) >= 11 is 1.54. The maximum Gasteiger partial charge on any atom is 0.256 e. The second kappa shape index (κ2) is 7.00. The Balaban J connectivity index is 2.04. The van der Waals surface area contributed by atoms with Gasteiger partial charge in [-0.1, -0.05) is 25.8 Å². The summed E-state index contributed by atoms with van der Waals surface area (Å²) in [7, 11) is 0. The second-order valence-corrected chi connectivity index (χ2v) is 5.38. The van der Waals surface area contributed by atoms with Gasteiger partial charge in [-0.3, -0.25) is 4.79 Å². The molecule has 2 heterocycles. The fourth-order valence-corrected chi connectivity index (χ4v) is 2.43. The van der Waals surface area contributed by atoms with E-state index in [-0.39, 0.29) is 11.7 Å². The number of hydrogen-bond acceptors (Lipinski definition) is 5. The van der Waals surface area contributed by atoms with Gasteiger partial charge in [-0.05, 0) is 17.9 Å². The van der Waals surface area contributed by atoms with Gasteiger partial charge in [0.2, 0.25) is 0 Å². The van der Waals surface area contributed by atoms with E-state index in [1.54, 1.807) is 0 Å². The van der Waals surface area contributed by atoms with Crippen LogP contribution >= 0.6 is 11.3 Å². The van der Waals surface area contributed by atoms with Crippen LogP contribution < -0.4 is 11.1 Å². The fourth-order valence-electron chi connectivity index (χ4n) is 1.77. The monoisotopic (exact) mass is 290 g/mol. The molecule has 0 aliphatic heterocycles. The molecule has 0 saturated carbocycles. The van der Waals surface area contributed by atoms with Crippen molar-refractivity contribution in [3.63, 3.8) is 0 Å². The highest BCUT2D eigenvalue weighted by Crippen LogP contribution is 2.22. The third-order valence-corrected chi connectivity index (χ3v) is 3.74. The molecule has 2 aromatic heterocycles. The van der Waals surface area contributed by atoms with E-state index in [1.165, 1.54) is 17.5 Å². The van der Waals surface area contributed by atoms with Crippen LogP contribution in [0.25, 0.3) is 10.7 Å². The first kappa shape index (κ1) is 14.5. The zero-order chi connectivity index (χ0) is 14.4. The molecule has 20 heavy (non-hydrogen) atoms. The zero-order valence-corrected chi connectivity index (χ0v) is 12.2. The van der Waals surface area contributed by atoms with Gasteiger partial charge in [0.25, 0.3) is 5.91 Å². The van der Waals surface area contributed by atoms with Crippen molar-refractivity contribution in [1.82, 2.24) is 15.3 Å². The summed E-state index contributed by atoms with van der Waals surface area (Å²) in [6.07, 6.45) is 4.68. The molecule has 0 unspecified atom stereocenters. The van der Waals surface area contributed by atoms with Crippen LogP contribution in [-0.4, -0.2) is 22.4 Å². The predicted octanol–water partition coefficient (Wildman–Crippen LogP) is 2.71. The van der Waals surface area contributed by atoms with Crippen molar-refractivity contribution in [3.8, 4) is 10.7 Å². The lowest BCUT2D eigenvalue weighted by Crippen LogP contribution is -2.26. The minimum absolute atomic E-state index is 0.212. The Morgan fingerprint density at radius 2 is 2.30 bits per heavy atom. The molecule has 2 aromatic rings. The van der Waals surface area contributed by atoms with E-state index in [2.05, 4.69) is 22.2 Å². The number of unbranched alkanes of at least 4 members (excludes halogenated alkanes) is 2. The molecule has 0 aromatic carbocycles. The number of hydrogen-bond donors (Lipinski definition) is 2. The van der Waals surface area contributed by atoms with Crippen molar-refractivity contribution < 1.29 is 4.79 Å². The molecule has 3 N–H and O–H groups in total. The molecule has 0 spiro atoms. The van der Waals surface area contributed by atoms with Gasteiger partial charge in [0, 0.05) is 12.7 Å². The van der Waals surface area contributed by atoms with Crippen LogP contribution in [0.2, 0.25) is 0 Å². The maximum atomic E-state index is 12.0. The van der Waals surface area contributed by atoms with Crippen LogP contribution in [-0.2, 0) is 0 Å². The van der Waals surface area contributed by atoms with E-state index >= 15 is 0 Å². The van der Waals surface area contributed by atoms with Crippen LogP contribution in [0.5, 0.6) is 0 Å². The Hall–Kier alpha value is -1.95. The largest absolute Gasteiger partial charge is 0.383 e. The number of nitrogens with zero attached hydrogens (tertiary/aromatic N) is 2. The first-order valence-electron chi connectivity index (χ1n) is 6.67. The average molecular weight is 290 g/mol. The summed E-state index contributed by atoms with van der Waals surface area (Å²) in [6.45, 7) is 2.77. The van der Waals surface area contributed by atoms with Gasteiger partial charge in [0.15, 0.2) is 5.82 Å². The van der Waals surface area contributed by atoms with Gasteiger partial charge in [0.05, 0.1) is 10.4 Å². The molecule has 0 aliphatic rings. The Morgan fingerprint density at radius 1 is 1.45 bits per heavy atom. The molecule has 0 radical (unpaired) electrons. The number of nitrogens with two attached hydrogens (primary N) is 1. The topological polar surface area (TPSA) is 80.9 Å². The van der Waals surface area contributed by atoms with Gasteiger partial charge in [-0.25, -0.2) is 9.97 Å². The van der Waals surface area contributed by atoms with Gasteiger partial charge >= 0.3 is 0 Å². The summed E-state index contributed by atoms with van der Waals surface area (Å²) < 4.78 is 0. The summed E-state index contributed by atoms with van der Waals surface area (Å²) in [4.78, 5) is 21.3. The van der Waals surface area contributed by atoms with Gasteiger partial charge in [0.1, 0.15) is 5.82 Å². The lowest BCUT2D eigenvalue weighted by atomic mass is 10.2. The Morgan fingerprint density at radius 3 is 2.95 bits per heavy atom. The molecular formula is C14H18N4OS. The van der Waals surface area contributed by atoms with Crippen molar-refractivity contribution in [3.05, 3.63) is 29.3 Å². The Kier molecular flexibility index (Phi) is 5.06. The van der Waals surface area contributed by atoms with Crippen molar-refractivity contribution in [2.24, 2.45) is 0 Å². The van der Waals surface area contributed by atoms with Crippen molar-refractivity contribution in [1.29, 1.82) is 0 Å². The van der Waals surface area contributed by atoms with E-state index in [0.717, 1.165) is 24.1 Å². The number of aromatic nitrogens is 2. The van der Waals surface area contributed by atoms with E-state index in [1.807, 2.05) is 17.5 Å². The number of nitrogen functional groups attached to an aromatic ring is 1. The van der Waals surface area contributed by atoms with E-state index < -0.39 is 0 Å². The molecule has 0 fully saturated rings. The molecular weight excluding hydrogens is 272 g/mol. The van der Waals surface area contributed by atoms with Gasteiger partial charge in [-0.15, -0.1) is 11.3 Å². The quantitative estimate of drug-likeness (QED) is 0.801. The Labute approximate surface area is 122 Å². The first-order valence-corrected chi connectivity index (χ1v) is 7.55. The zero-order valence-electron chi connectivity index (χ0n) is 11.4. The van der Waals surface area contributed by atoms with Gasteiger partial charge in [-0.2, -0.15) is 0 Å². The maximum absolute atomic E-state index is 12.0. The minimum Gasteiger partial charge on any atom is -0.383 e. The number of amides is 1. The van der Waals surface area contributed by atoms with Crippen LogP contribution in [0.4, 0.5) is 5.82 Å². The molecule has 106 valence electrons. The predicted molar refractivity (Wildman–Crippen MR) is 81.6 cm³/mol. The number of rotatable bonds is 6. The number of thiophene rings is 1. The van der Waals surface area contributed by atoms with Crippen LogP contribution in [0, 0.1) is 0 Å². The summed E-state index contributed by atoms with van der Waals surface area (Å²) in [5.41, 5.74) is 6.19. The highest BCUT2D eigenvalue weighted by atomic mass is 32.1. The van der Waals surface area contributed by atoms with Crippen LogP contribution in [0.1, 0.15) is 36.5 Å². The van der Waals surface area contributed by atoms with Crippen LogP contribution in [0.15, 0.2) is 23.7 Å². The van der Waals surface area contributed by atoms with E-state index in [0.29, 0.717) is 17.9 Å². The number of carbonyl (C=O) groups is 1. The molecule has 0 atom stereocenters.